The van der Waals surface area contributed by atoms with Gasteiger partial charge in [-0.15, -0.1) is 0 Å². The van der Waals surface area contributed by atoms with Crippen molar-refractivity contribution in [3.63, 3.8) is 0 Å². The number of nitrogens with zero attached hydrogens (tertiary/aromatic N) is 1. The quantitative estimate of drug-likeness (QED) is 0.582. The lowest BCUT2D eigenvalue weighted by Crippen LogP contribution is -2.33. The molecule has 0 heterocycles. The molecule has 4 nitrogen and oxygen atoms in total. The Morgan fingerprint density at radius 1 is 1.27 bits per heavy atom. The Balaban J connectivity index is 3.38. The minimum atomic E-state index is 0.235. The van der Waals surface area contributed by atoms with E-state index in [2.05, 4.69) is 5.32 Å². The molecule has 4 heteroatoms. The number of amides is 1. The normalized spacial score (nSPS) is 10.3. The molecule has 0 unspecified atom stereocenters. The maximum absolute atomic E-state index is 11.6. The predicted octanol–water partition coefficient (Wildman–Crippen LogP) is 0.871. The SMILES string of the molecule is CCN(CC)C(=O)CCNCCCOC. The molecule has 90 valence electrons. The van der Waals surface area contributed by atoms with E-state index in [4.69, 9.17) is 4.74 Å². The summed E-state index contributed by atoms with van der Waals surface area (Å²) in [5.41, 5.74) is 0. The zero-order valence-corrected chi connectivity index (χ0v) is 10.2. The largest absolute Gasteiger partial charge is 0.385 e. The molecule has 0 aliphatic heterocycles. The van der Waals surface area contributed by atoms with Crippen LogP contribution in [0.1, 0.15) is 26.7 Å². The van der Waals surface area contributed by atoms with E-state index in [0.717, 1.165) is 39.2 Å². The van der Waals surface area contributed by atoms with Crippen molar-refractivity contribution in [1.82, 2.24) is 10.2 Å². The second-order valence-corrected chi connectivity index (χ2v) is 3.41. The fourth-order valence-electron chi connectivity index (χ4n) is 1.40. The number of hydrogen-bond donors (Lipinski definition) is 1. The fourth-order valence-corrected chi connectivity index (χ4v) is 1.40. The third-order valence-corrected chi connectivity index (χ3v) is 2.33. The Labute approximate surface area is 93.0 Å². The van der Waals surface area contributed by atoms with Gasteiger partial charge in [0.15, 0.2) is 0 Å². The summed E-state index contributed by atoms with van der Waals surface area (Å²) in [6.45, 7) is 8.08. The number of hydrogen-bond acceptors (Lipinski definition) is 3. The monoisotopic (exact) mass is 216 g/mol. The van der Waals surface area contributed by atoms with Gasteiger partial charge < -0.3 is 15.0 Å². The Kier molecular flexibility index (Phi) is 9.52. The number of nitrogens with one attached hydrogen (secondary N) is 1. The Bertz CT molecular complexity index is 159. The molecule has 15 heavy (non-hydrogen) atoms. The van der Waals surface area contributed by atoms with E-state index < -0.39 is 0 Å². The van der Waals surface area contributed by atoms with Crippen molar-refractivity contribution in [3.05, 3.63) is 0 Å². The first-order valence-electron chi connectivity index (χ1n) is 5.73. The van der Waals surface area contributed by atoms with Gasteiger partial charge in [-0.25, -0.2) is 0 Å². The van der Waals surface area contributed by atoms with Crippen molar-refractivity contribution < 1.29 is 9.53 Å². The second kappa shape index (κ2) is 9.93. The minimum Gasteiger partial charge on any atom is -0.385 e. The highest BCUT2D eigenvalue weighted by Gasteiger charge is 2.07. The summed E-state index contributed by atoms with van der Waals surface area (Å²) in [6, 6.07) is 0. The average Bonchev–Trinajstić information content (AvgIpc) is 2.25. The molecule has 0 aromatic heterocycles. The van der Waals surface area contributed by atoms with Crippen LogP contribution in [0.25, 0.3) is 0 Å². The topological polar surface area (TPSA) is 41.6 Å². The van der Waals surface area contributed by atoms with Crippen molar-refractivity contribution in [2.75, 3.05) is 39.9 Å². The van der Waals surface area contributed by atoms with Gasteiger partial charge in [0.1, 0.15) is 0 Å². The third-order valence-electron chi connectivity index (χ3n) is 2.33. The first kappa shape index (κ1) is 14.4. The Morgan fingerprint density at radius 2 is 1.93 bits per heavy atom. The summed E-state index contributed by atoms with van der Waals surface area (Å²) in [4.78, 5) is 13.4. The molecular formula is C11H24N2O2. The molecule has 1 N–H and O–H groups in total. The molecule has 0 spiro atoms. The lowest BCUT2D eigenvalue weighted by Gasteiger charge is -2.18. The van der Waals surface area contributed by atoms with Crippen molar-refractivity contribution in [1.29, 1.82) is 0 Å². The lowest BCUT2D eigenvalue weighted by atomic mass is 10.3. The van der Waals surface area contributed by atoms with E-state index >= 15 is 0 Å². The van der Waals surface area contributed by atoms with Gasteiger partial charge in [-0.2, -0.15) is 0 Å². The van der Waals surface area contributed by atoms with Gasteiger partial charge in [0.2, 0.25) is 5.91 Å². The number of methoxy groups -OCH3 is 1. The van der Waals surface area contributed by atoms with Crippen LogP contribution >= 0.6 is 0 Å². The van der Waals surface area contributed by atoms with Crippen LogP contribution in [-0.4, -0.2) is 50.7 Å². The molecule has 0 aromatic carbocycles. The minimum absolute atomic E-state index is 0.235. The van der Waals surface area contributed by atoms with E-state index in [9.17, 15) is 4.79 Å². The molecule has 0 rings (SSSR count). The van der Waals surface area contributed by atoms with Gasteiger partial charge in [0.05, 0.1) is 0 Å². The van der Waals surface area contributed by atoms with E-state index in [1.165, 1.54) is 0 Å². The summed E-state index contributed by atoms with van der Waals surface area (Å²) < 4.78 is 4.93. The average molecular weight is 216 g/mol. The van der Waals surface area contributed by atoms with Gasteiger partial charge >= 0.3 is 0 Å². The van der Waals surface area contributed by atoms with Gasteiger partial charge in [-0.3, -0.25) is 4.79 Å². The summed E-state index contributed by atoms with van der Waals surface area (Å²) >= 11 is 0. The zero-order chi connectivity index (χ0) is 11.5. The first-order chi connectivity index (χ1) is 7.26. The fraction of sp³-hybridized carbons (Fsp3) is 0.909. The van der Waals surface area contributed by atoms with Crippen molar-refractivity contribution in [2.45, 2.75) is 26.7 Å². The molecule has 0 fully saturated rings. The standard InChI is InChI=1S/C11H24N2O2/c1-4-13(5-2)11(14)7-9-12-8-6-10-15-3/h12H,4-10H2,1-3H3. The Morgan fingerprint density at radius 3 is 2.47 bits per heavy atom. The maximum atomic E-state index is 11.6. The summed E-state index contributed by atoms with van der Waals surface area (Å²) in [7, 11) is 1.70. The summed E-state index contributed by atoms with van der Waals surface area (Å²) in [6.07, 6.45) is 1.59. The molecule has 0 aromatic rings. The van der Waals surface area contributed by atoms with Crippen LogP contribution in [0.4, 0.5) is 0 Å². The zero-order valence-electron chi connectivity index (χ0n) is 10.2. The van der Waals surface area contributed by atoms with Crippen LogP contribution < -0.4 is 5.32 Å². The van der Waals surface area contributed by atoms with Crippen LogP contribution in [0, 0.1) is 0 Å². The van der Waals surface area contributed by atoms with Crippen LogP contribution in [0.15, 0.2) is 0 Å². The van der Waals surface area contributed by atoms with E-state index in [0.29, 0.717) is 6.42 Å². The molecule has 1 amide bonds. The molecular weight excluding hydrogens is 192 g/mol. The molecule has 0 saturated carbocycles. The molecule has 0 saturated heterocycles. The van der Waals surface area contributed by atoms with E-state index in [-0.39, 0.29) is 5.91 Å². The molecule has 0 aliphatic carbocycles. The highest BCUT2D eigenvalue weighted by molar-refractivity contribution is 5.76. The van der Waals surface area contributed by atoms with Crippen LogP contribution in [0.3, 0.4) is 0 Å². The smallest absolute Gasteiger partial charge is 0.223 e. The molecule has 0 aliphatic rings. The highest BCUT2D eigenvalue weighted by Crippen LogP contribution is 1.92. The summed E-state index contributed by atoms with van der Waals surface area (Å²) in [5.74, 6) is 0.235. The van der Waals surface area contributed by atoms with Crippen molar-refractivity contribution in [3.8, 4) is 0 Å². The molecule has 0 atom stereocenters. The molecule has 0 bridgehead atoms. The predicted molar refractivity (Wildman–Crippen MR) is 61.9 cm³/mol. The number of ether oxygens (including phenoxy) is 1. The maximum Gasteiger partial charge on any atom is 0.223 e. The van der Waals surface area contributed by atoms with E-state index in [1.54, 1.807) is 7.11 Å². The van der Waals surface area contributed by atoms with Gasteiger partial charge in [0, 0.05) is 39.8 Å². The number of carbonyl (C=O) groups excluding carboxylic acids is 1. The van der Waals surface area contributed by atoms with Crippen LogP contribution in [-0.2, 0) is 9.53 Å². The third kappa shape index (κ3) is 7.33. The van der Waals surface area contributed by atoms with Gasteiger partial charge in [-0.05, 0) is 26.8 Å². The van der Waals surface area contributed by atoms with Gasteiger partial charge in [0.25, 0.3) is 0 Å². The lowest BCUT2D eigenvalue weighted by molar-refractivity contribution is -0.130. The van der Waals surface area contributed by atoms with Crippen molar-refractivity contribution >= 4 is 5.91 Å². The van der Waals surface area contributed by atoms with Crippen LogP contribution in [0.5, 0.6) is 0 Å². The first-order valence-corrected chi connectivity index (χ1v) is 5.73. The van der Waals surface area contributed by atoms with E-state index in [1.807, 2.05) is 18.7 Å². The number of rotatable bonds is 9. The van der Waals surface area contributed by atoms with Crippen molar-refractivity contribution in [2.24, 2.45) is 0 Å². The Hall–Kier alpha value is -0.610. The highest BCUT2D eigenvalue weighted by atomic mass is 16.5. The molecule has 0 radical (unpaired) electrons. The number of carbonyl (C=O) groups is 1. The van der Waals surface area contributed by atoms with Crippen LogP contribution in [0.2, 0.25) is 0 Å². The summed E-state index contributed by atoms with van der Waals surface area (Å²) in [5, 5.41) is 3.23. The van der Waals surface area contributed by atoms with Gasteiger partial charge in [-0.1, -0.05) is 0 Å². The second-order valence-electron chi connectivity index (χ2n) is 3.41.